The molecule has 4 atom stereocenters. The molecule has 4 rings (SSSR count). The number of rotatable bonds is 6. The van der Waals surface area contributed by atoms with Gasteiger partial charge < -0.3 is 20.5 Å². The number of amides is 2. The highest BCUT2D eigenvalue weighted by Crippen LogP contribution is 2.45. The molecular weight excluding hydrogens is 375 g/mol. The minimum atomic E-state index is -0.767. The summed E-state index contributed by atoms with van der Waals surface area (Å²) >= 11 is 0. The van der Waals surface area contributed by atoms with Gasteiger partial charge in [-0.1, -0.05) is 30.3 Å². The predicted molar refractivity (Wildman–Crippen MR) is 105 cm³/mol. The normalized spacial score (nSPS) is 24.4. The first-order valence-corrected chi connectivity index (χ1v) is 9.66. The summed E-state index contributed by atoms with van der Waals surface area (Å²) in [4.78, 5) is 25.2. The van der Waals surface area contributed by atoms with Crippen molar-refractivity contribution in [2.45, 2.75) is 24.5 Å². The Kier molecular flexibility index (Phi) is 5.24. The van der Waals surface area contributed by atoms with Crippen LogP contribution >= 0.6 is 0 Å². The number of aliphatic hydroxyl groups is 1. The van der Waals surface area contributed by atoms with Gasteiger partial charge in [-0.05, 0) is 24.1 Å². The molecule has 0 bridgehead atoms. The molecule has 0 radical (unpaired) electrons. The number of fused-ring (bicyclic) bond motifs is 1. The monoisotopic (exact) mass is 398 g/mol. The maximum Gasteiger partial charge on any atom is 0.254 e. The summed E-state index contributed by atoms with van der Waals surface area (Å²) in [6.07, 6.45) is -0.0360. The number of carbonyl (C=O) groups excluding carboxylic acids is 2. The fourth-order valence-electron chi connectivity index (χ4n) is 3.92. The molecule has 6 nitrogen and oxygen atoms in total. The lowest BCUT2D eigenvalue weighted by Gasteiger charge is -2.16. The van der Waals surface area contributed by atoms with Crippen LogP contribution in [0.1, 0.15) is 44.2 Å². The molecule has 2 unspecified atom stereocenters. The molecule has 0 spiro atoms. The first-order valence-electron chi connectivity index (χ1n) is 9.66. The average molecular weight is 398 g/mol. The molecule has 0 aromatic heterocycles. The molecule has 2 aromatic rings. The molecule has 1 fully saturated rings. The van der Waals surface area contributed by atoms with Crippen LogP contribution < -0.4 is 15.4 Å². The van der Waals surface area contributed by atoms with Crippen LogP contribution in [0.4, 0.5) is 4.39 Å². The number of carbonyl (C=O) groups is 2. The van der Waals surface area contributed by atoms with Crippen LogP contribution in [0.5, 0.6) is 5.75 Å². The molecule has 1 saturated carbocycles. The van der Waals surface area contributed by atoms with E-state index in [9.17, 15) is 19.1 Å². The van der Waals surface area contributed by atoms with Gasteiger partial charge in [-0.15, -0.1) is 0 Å². The zero-order valence-corrected chi connectivity index (χ0v) is 16.0. The van der Waals surface area contributed by atoms with Crippen LogP contribution in [0.3, 0.4) is 0 Å². The molecule has 3 N–H and O–H groups in total. The Labute approximate surface area is 168 Å². The number of hydrogen-bond donors (Lipinski definition) is 3. The fraction of sp³-hybridized carbons (Fsp3) is 0.364. The highest BCUT2D eigenvalue weighted by molar-refractivity contribution is 6.02. The van der Waals surface area contributed by atoms with Gasteiger partial charge in [-0.25, -0.2) is 4.39 Å². The molecule has 2 aliphatic rings. The van der Waals surface area contributed by atoms with Gasteiger partial charge in [-0.3, -0.25) is 9.59 Å². The van der Waals surface area contributed by atoms with Gasteiger partial charge >= 0.3 is 0 Å². The van der Waals surface area contributed by atoms with Gasteiger partial charge in [-0.2, -0.15) is 0 Å². The molecule has 1 aliphatic heterocycles. The number of aliphatic hydroxyl groups excluding tert-OH is 1. The summed E-state index contributed by atoms with van der Waals surface area (Å²) in [5.74, 6) is -0.755. The second-order valence-corrected chi connectivity index (χ2v) is 7.48. The second-order valence-electron chi connectivity index (χ2n) is 7.48. The highest BCUT2D eigenvalue weighted by atomic mass is 19.1. The molecule has 2 amide bonds. The Balaban J connectivity index is 1.76. The quantitative estimate of drug-likeness (QED) is 0.695. The summed E-state index contributed by atoms with van der Waals surface area (Å²) < 4.78 is 19.6. The Bertz CT molecular complexity index is 934. The van der Waals surface area contributed by atoms with Crippen molar-refractivity contribution in [1.82, 2.24) is 10.6 Å². The number of alkyl halides is 1. The maximum absolute atomic E-state index is 13.8. The third-order valence-electron chi connectivity index (χ3n) is 5.61. The van der Waals surface area contributed by atoms with E-state index < -0.39 is 24.6 Å². The van der Waals surface area contributed by atoms with E-state index in [-0.39, 0.29) is 30.0 Å². The lowest BCUT2D eigenvalue weighted by molar-refractivity contribution is 0.0947. The van der Waals surface area contributed by atoms with Gasteiger partial charge in [0.2, 0.25) is 0 Å². The number of halogens is 1. The van der Waals surface area contributed by atoms with Gasteiger partial charge in [0.25, 0.3) is 11.8 Å². The van der Waals surface area contributed by atoms with E-state index in [4.69, 9.17) is 4.74 Å². The van der Waals surface area contributed by atoms with Crippen LogP contribution in [0.25, 0.3) is 0 Å². The number of benzene rings is 2. The highest BCUT2D eigenvalue weighted by Gasteiger charge is 2.40. The minimum Gasteiger partial charge on any atom is -0.486 e. The average Bonchev–Trinajstić information content (AvgIpc) is 3.40. The Morgan fingerprint density at radius 1 is 1.21 bits per heavy atom. The van der Waals surface area contributed by atoms with E-state index in [2.05, 4.69) is 10.6 Å². The summed E-state index contributed by atoms with van der Waals surface area (Å²) in [5, 5.41) is 14.6. The number of nitrogens with one attached hydrogen (secondary N) is 2. The lowest BCUT2D eigenvalue weighted by atomic mass is 9.86. The largest absolute Gasteiger partial charge is 0.486 e. The molecule has 29 heavy (non-hydrogen) atoms. The SMILES string of the molecule is CNC(=O)c1cc(C(=O)N[C@@H]2C[C@H]2CO)cc2c1OC(CF)C2c1ccccc1. The van der Waals surface area contributed by atoms with Crippen LogP contribution in [-0.4, -0.2) is 49.4 Å². The first kappa shape index (κ1) is 19.4. The van der Waals surface area contributed by atoms with Crippen LogP contribution in [0, 0.1) is 5.92 Å². The molecule has 0 saturated heterocycles. The van der Waals surface area contributed by atoms with E-state index in [1.165, 1.54) is 13.1 Å². The van der Waals surface area contributed by atoms with E-state index >= 15 is 0 Å². The van der Waals surface area contributed by atoms with Crippen molar-refractivity contribution in [2.75, 3.05) is 20.3 Å². The molecule has 152 valence electrons. The summed E-state index contributed by atoms with van der Waals surface area (Å²) in [6.45, 7) is -0.691. The molecule has 7 heteroatoms. The minimum absolute atomic E-state index is 0.0285. The standard InChI is InChI=1S/C22H23FN2O4/c1-24-22(28)16-8-13(21(27)25-17-9-14(17)11-26)7-15-19(12-5-3-2-4-6-12)18(10-23)29-20(15)16/h2-8,14,17-19,26H,9-11H2,1H3,(H,24,28)(H,25,27)/t14-,17+,18?,19?/m0/s1. The maximum atomic E-state index is 13.8. The van der Waals surface area contributed by atoms with E-state index in [0.29, 0.717) is 16.9 Å². The molecule has 1 heterocycles. The van der Waals surface area contributed by atoms with Crippen molar-refractivity contribution in [1.29, 1.82) is 0 Å². The third-order valence-corrected chi connectivity index (χ3v) is 5.61. The molecular formula is C22H23FN2O4. The smallest absolute Gasteiger partial charge is 0.254 e. The summed E-state index contributed by atoms with van der Waals surface area (Å²) in [5.41, 5.74) is 2.01. The van der Waals surface area contributed by atoms with Crippen molar-refractivity contribution in [3.05, 3.63) is 64.7 Å². The predicted octanol–water partition coefficient (Wildman–Crippen LogP) is 2.02. The van der Waals surface area contributed by atoms with Crippen molar-refractivity contribution < 1.29 is 23.8 Å². The van der Waals surface area contributed by atoms with Crippen LogP contribution in [-0.2, 0) is 0 Å². The van der Waals surface area contributed by atoms with Crippen molar-refractivity contribution in [3.8, 4) is 5.75 Å². The van der Waals surface area contributed by atoms with Crippen molar-refractivity contribution in [3.63, 3.8) is 0 Å². The Hall–Kier alpha value is -2.93. The van der Waals surface area contributed by atoms with Crippen LogP contribution in [0.15, 0.2) is 42.5 Å². The number of ether oxygens (including phenoxy) is 1. The second kappa shape index (κ2) is 7.83. The van der Waals surface area contributed by atoms with E-state index in [1.807, 2.05) is 30.3 Å². The molecule has 2 aromatic carbocycles. The Morgan fingerprint density at radius 2 is 1.97 bits per heavy atom. The van der Waals surface area contributed by atoms with Gasteiger partial charge in [0.15, 0.2) is 0 Å². The third kappa shape index (κ3) is 3.58. The summed E-state index contributed by atoms with van der Waals surface area (Å²) in [6, 6.07) is 12.5. The fourth-order valence-corrected chi connectivity index (χ4v) is 3.92. The number of hydrogen-bond acceptors (Lipinski definition) is 4. The van der Waals surface area contributed by atoms with Gasteiger partial charge in [0.1, 0.15) is 18.5 Å². The van der Waals surface area contributed by atoms with Gasteiger partial charge in [0.05, 0.1) is 11.5 Å². The topological polar surface area (TPSA) is 87.7 Å². The molecule has 1 aliphatic carbocycles. The summed E-state index contributed by atoms with van der Waals surface area (Å²) in [7, 11) is 1.49. The lowest BCUT2D eigenvalue weighted by Crippen LogP contribution is -2.28. The zero-order chi connectivity index (χ0) is 20.5. The van der Waals surface area contributed by atoms with Gasteiger partial charge in [0, 0.05) is 36.7 Å². The zero-order valence-electron chi connectivity index (χ0n) is 16.0. The van der Waals surface area contributed by atoms with Crippen LogP contribution in [0.2, 0.25) is 0 Å². The van der Waals surface area contributed by atoms with Crippen molar-refractivity contribution >= 4 is 11.8 Å². The first-order chi connectivity index (χ1) is 14.1. The van der Waals surface area contributed by atoms with E-state index in [1.54, 1.807) is 6.07 Å². The van der Waals surface area contributed by atoms with E-state index in [0.717, 1.165) is 12.0 Å². The van der Waals surface area contributed by atoms with Crippen molar-refractivity contribution in [2.24, 2.45) is 5.92 Å². The Morgan fingerprint density at radius 3 is 2.59 bits per heavy atom.